The Morgan fingerprint density at radius 1 is 1.33 bits per heavy atom. The second-order valence-electron chi connectivity index (χ2n) is 5.51. The van der Waals surface area contributed by atoms with Gasteiger partial charge in [0.05, 0.1) is 12.1 Å². The van der Waals surface area contributed by atoms with Crippen molar-refractivity contribution in [1.29, 1.82) is 5.26 Å². The van der Waals surface area contributed by atoms with Crippen LogP contribution in [0.4, 0.5) is 0 Å². The lowest BCUT2D eigenvalue weighted by molar-refractivity contribution is 0.216. The smallest absolute Gasteiger partial charge is 0.0965 e. The zero-order chi connectivity index (χ0) is 12.8. The molecular formula is C14H26N4. The Balaban J connectivity index is 1.76. The van der Waals surface area contributed by atoms with E-state index in [-0.39, 0.29) is 6.04 Å². The number of nitrogens with zero attached hydrogens (tertiary/aromatic N) is 3. The molecule has 2 atom stereocenters. The largest absolute Gasteiger partial charge is 0.302 e. The Labute approximate surface area is 111 Å². The van der Waals surface area contributed by atoms with E-state index in [1.165, 1.54) is 45.4 Å². The van der Waals surface area contributed by atoms with E-state index in [0.717, 1.165) is 25.6 Å². The fraction of sp³-hybridized carbons (Fsp3) is 0.929. The maximum absolute atomic E-state index is 9.05. The van der Waals surface area contributed by atoms with Crippen LogP contribution in [0.1, 0.15) is 32.6 Å². The van der Waals surface area contributed by atoms with E-state index < -0.39 is 0 Å². The zero-order valence-corrected chi connectivity index (χ0v) is 11.6. The van der Waals surface area contributed by atoms with Crippen LogP contribution < -0.4 is 5.32 Å². The lowest BCUT2D eigenvalue weighted by Gasteiger charge is -2.26. The van der Waals surface area contributed by atoms with Gasteiger partial charge in [-0.05, 0) is 51.9 Å². The van der Waals surface area contributed by atoms with Gasteiger partial charge in [0.15, 0.2) is 0 Å². The first-order chi connectivity index (χ1) is 8.83. The van der Waals surface area contributed by atoms with Crippen molar-refractivity contribution in [3.8, 4) is 6.07 Å². The van der Waals surface area contributed by atoms with Crippen molar-refractivity contribution in [2.24, 2.45) is 0 Å². The molecule has 1 N–H and O–H groups in total. The summed E-state index contributed by atoms with van der Waals surface area (Å²) in [7, 11) is 0. The molecule has 2 unspecified atom stereocenters. The van der Waals surface area contributed by atoms with Gasteiger partial charge in [-0.15, -0.1) is 0 Å². The quantitative estimate of drug-likeness (QED) is 0.792. The minimum atomic E-state index is 0.0259. The summed E-state index contributed by atoms with van der Waals surface area (Å²) in [6.45, 7) is 9.01. The van der Waals surface area contributed by atoms with E-state index in [1.54, 1.807) is 0 Å². The van der Waals surface area contributed by atoms with Gasteiger partial charge in [0.2, 0.25) is 0 Å². The summed E-state index contributed by atoms with van der Waals surface area (Å²) in [6, 6.07) is 3.17. The molecule has 0 aliphatic carbocycles. The average molecular weight is 250 g/mol. The van der Waals surface area contributed by atoms with Crippen LogP contribution in [0.3, 0.4) is 0 Å². The van der Waals surface area contributed by atoms with Crippen molar-refractivity contribution in [3.63, 3.8) is 0 Å². The van der Waals surface area contributed by atoms with Crippen LogP contribution >= 0.6 is 0 Å². The highest BCUT2D eigenvalue weighted by atomic mass is 15.3. The first-order valence-electron chi connectivity index (χ1n) is 7.43. The summed E-state index contributed by atoms with van der Waals surface area (Å²) in [5.74, 6) is 0. The van der Waals surface area contributed by atoms with Gasteiger partial charge in [-0.1, -0.05) is 6.92 Å². The SMILES string of the molecule is CCNC(C#N)CCN1CCCN2CCCC2C1. The Morgan fingerprint density at radius 2 is 2.17 bits per heavy atom. The van der Waals surface area contributed by atoms with Crippen molar-refractivity contribution >= 4 is 0 Å². The Kier molecular flexibility index (Phi) is 5.43. The molecule has 18 heavy (non-hydrogen) atoms. The number of hydrogen-bond donors (Lipinski definition) is 1. The van der Waals surface area contributed by atoms with Crippen molar-refractivity contribution in [2.75, 3.05) is 39.3 Å². The predicted molar refractivity (Wildman–Crippen MR) is 73.3 cm³/mol. The lowest BCUT2D eigenvalue weighted by atomic mass is 10.2. The predicted octanol–water partition coefficient (Wildman–Crippen LogP) is 1.05. The van der Waals surface area contributed by atoms with Crippen LogP contribution in [-0.4, -0.2) is 61.2 Å². The van der Waals surface area contributed by atoms with E-state index in [1.807, 2.05) is 0 Å². The summed E-state index contributed by atoms with van der Waals surface area (Å²) in [4.78, 5) is 5.23. The van der Waals surface area contributed by atoms with Gasteiger partial charge in [0, 0.05) is 19.1 Å². The van der Waals surface area contributed by atoms with Gasteiger partial charge >= 0.3 is 0 Å². The molecule has 2 saturated heterocycles. The molecule has 2 aliphatic rings. The molecule has 0 saturated carbocycles. The van der Waals surface area contributed by atoms with E-state index in [4.69, 9.17) is 5.26 Å². The first kappa shape index (κ1) is 13.8. The Morgan fingerprint density at radius 3 is 2.94 bits per heavy atom. The maximum atomic E-state index is 9.05. The molecule has 0 aromatic heterocycles. The molecule has 0 radical (unpaired) electrons. The summed E-state index contributed by atoms with van der Waals surface area (Å²) >= 11 is 0. The maximum Gasteiger partial charge on any atom is 0.0965 e. The summed E-state index contributed by atoms with van der Waals surface area (Å²) in [5, 5.41) is 12.3. The number of fused-ring (bicyclic) bond motifs is 1. The highest BCUT2D eigenvalue weighted by molar-refractivity contribution is 4.91. The standard InChI is InChI=1S/C14H26N4/c1-2-16-13(11-15)6-10-17-7-4-9-18-8-3-5-14(18)12-17/h13-14,16H,2-10,12H2,1H3. The van der Waals surface area contributed by atoms with Crippen molar-refractivity contribution in [1.82, 2.24) is 15.1 Å². The van der Waals surface area contributed by atoms with Crippen molar-refractivity contribution < 1.29 is 0 Å². The fourth-order valence-electron chi connectivity index (χ4n) is 3.26. The lowest BCUT2D eigenvalue weighted by Crippen LogP contribution is -2.39. The van der Waals surface area contributed by atoms with Crippen LogP contribution in [0.25, 0.3) is 0 Å². The third-order valence-corrected chi connectivity index (χ3v) is 4.23. The second kappa shape index (κ2) is 7.08. The molecule has 0 aromatic carbocycles. The summed E-state index contributed by atoms with van der Waals surface area (Å²) < 4.78 is 0. The third-order valence-electron chi connectivity index (χ3n) is 4.23. The van der Waals surface area contributed by atoms with E-state index in [0.29, 0.717) is 0 Å². The molecular weight excluding hydrogens is 224 g/mol. The second-order valence-corrected chi connectivity index (χ2v) is 5.51. The Hall–Kier alpha value is -0.630. The Bertz CT molecular complexity index is 286. The van der Waals surface area contributed by atoms with Gasteiger partial charge in [-0.25, -0.2) is 0 Å². The number of nitriles is 1. The minimum absolute atomic E-state index is 0.0259. The van der Waals surface area contributed by atoms with Crippen LogP contribution in [0.15, 0.2) is 0 Å². The topological polar surface area (TPSA) is 42.3 Å². The summed E-state index contributed by atoms with van der Waals surface area (Å²) in [6.07, 6.45) is 4.98. The minimum Gasteiger partial charge on any atom is -0.302 e. The highest BCUT2D eigenvalue weighted by Gasteiger charge is 2.28. The molecule has 102 valence electrons. The molecule has 2 fully saturated rings. The van der Waals surface area contributed by atoms with Crippen molar-refractivity contribution in [2.45, 2.75) is 44.7 Å². The molecule has 2 heterocycles. The molecule has 2 rings (SSSR count). The molecule has 0 amide bonds. The molecule has 0 bridgehead atoms. The molecule has 2 aliphatic heterocycles. The first-order valence-corrected chi connectivity index (χ1v) is 7.43. The number of hydrogen-bond acceptors (Lipinski definition) is 4. The van der Waals surface area contributed by atoms with Gasteiger partial charge in [-0.3, -0.25) is 4.90 Å². The molecule has 0 spiro atoms. The van der Waals surface area contributed by atoms with Gasteiger partial charge in [0.25, 0.3) is 0 Å². The van der Waals surface area contributed by atoms with Gasteiger partial charge in [0.1, 0.15) is 0 Å². The summed E-state index contributed by atoms with van der Waals surface area (Å²) in [5.41, 5.74) is 0. The number of rotatable bonds is 5. The van der Waals surface area contributed by atoms with E-state index in [9.17, 15) is 0 Å². The molecule has 0 aromatic rings. The third kappa shape index (κ3) is 3.68. The van der Waals surface area contributed by atoms with Crippen LogP contribution in [0, 0.1) is 11.3 Å². The van der Waals surface area contributed by atoms with Crippen LogP contribution in [-0.2, 0) is 0 Å². The molecule has 4 heteroatoms. The van der Waals surface area contributed by atoms with E-state index >= 15 is 0 Å². The van der Waals surface area contributed by atoms with Crippen LogP contribution in [0.5, 0.6) is 0 Å². The number of nitrogens with one attached hydrogen (secondary N) is 1. The highest BCUT2D eigenvalue weighted by Crippen LogP contribution is 2.21. The molecule has 4 nitrogen and oxygen atoms in total. The van der Waals surface area contributed by atoms with Gasteiger partial charge in [-0.2, -0.15) is 5.26 Å². The fourth-order valence-corrected chi connectivity index (χ4v) is 3.26. The van der Waals surface area contributed by atoms with Crippen molar-refractivity contribution in [3.05, 3.63) is 0 Å². The zero-order valence-electron chi connectivity index (χ0n) is 11.6. The normalized spacial score (nSPS) is 27.4. The van der Waals surface area contributed by atoms with Crippen LogP contribution in [0.2, 0.25) is 0 Å². The van der Waals surface area contributed by atoms with E-state index in [2.05, 4.69) is 28.1 Å². The monoisotopic (exact) mass is 250 g/mol. The van der Waals surface area contributed by atoms with Gasteiger partial charge < -0.3 is 10.2 Å². The average Bonchev–Trinajstić information content (AvgIpc) is 2.73.